The SMILES string of the molecule is CCC1(CC)CC(CCN2CC3(C2)CN(c2ccccc2)C3)OC1=O. The highest BCUT2D eigenvalue weighted by Crippen LogP contribution is 2.43. The van der Waals surface area contributed by atoms with Gasteiger partial charge < -0.3 is 14.5 Å². The standard InChI is InChI=1S/C21H30N2O2/c1-3-21(4-2)12-18(25-19(21)24)10-11-22-13-20(14-22)15-23(16-20)17-8-6-5-7-9-17/h5-9,18H,3-4,10-16H2,1-2H3. The maximum Gasteiger partial charge on any atom is 0.312 e. The molecule has 1 aromatic carbocycles. The molecule has 0 aromatic heterocycles. The Kier molecular flexibility index (Phi) is 4.27. The molecule has 25 heavy (non-hydrogen) atoms. The van der Waals surface area contributed by atoms with Gasteiger partial charge in [-0.2, -0.15) is 0 Å². The van der Waals surface area contributed by atoms with E-state index in [0.29, 0.717) is 5.41 Å². The van der Waals surface area contributed by atoms with E-state index in [4.69, 9.17) is 4.74 Å². The first-order valence-electron chi connectivity index (χ1n) is 9.81. The Labute approximate surface area is 151 Å². The number of ether oxygens (including phenoxy) is 1. The molecule has 4 rings (SSSR count). The van der Waals surface area contributed by atoms with E-state index in [1.165, 1.54) is 31.9 Å². The predicted molar refractivity (Wildman–Crippen MR) is 99.7 cm³/mol. The lowest BCUT2D eigenvalue weighted by atomic mass is 9.72. The zero-order chi connectivity index (χ0) is 17.5. The molecule has 1 atom stereocenters. The van der Waals surface area contributed by atoms with Crippen LogP contribution in [0.3, 0.4) is 0 Å². The molecule has 3 aliphatic heterocycles. The van der Waals surface area contributed by atoms with Crippen LogP contribution in [0.4, 0.5) is 5.69 Å². The third kappa shape index (κ3) is 2.95. The normalized spacial score (nSPS) is 27.0. The Balaban J connectivity index is 1.20. The van der Waals surface area contributed by atoms with Crippen LogP contribution in [0.1, 0.15) is 39.5 Å². The highest BCUT2D eigenvalue weighted by atomic mass is 16.6. The number of rotatable bonds is 6. The largest absolute Gasteiger partial charge is 0.462 e. The number of benzene rings is 1. The van der Waals surface area contributed by atoms with Crippen LogP contribution in [0.15, 0.2) is 30.3 Å². The molecule has 3 fully saturated rings. The Bertz CT molecular complexity index is 612. The van der Waals surface area contributed by atoms with Gasteiger partial charge in [0.1, 0.15) is 6.10 Å². The molecular weight excluding hydrogens is 312 g/mol. The van der Waals surface area contributed by atoms with Gasteiger partial charge in [-0.05, 0) is 31.4 Å². The van der Waals surface area contributed by atoms with E-state index < -0.39 is 0 Å². The molecule has 4 nitrogen and oxygen atoms in total. The summed E-state index contributed by atoms with van der Waals surface area (Å²) < 4.78 is 5.67. The average molecular weight is 342 g/mol. The van der Waals surface area contributed by atoms with Crippen molar-refractivity contribution in [2.45, 2.75) is 45.6 Å². The molecule has 0 bridgehead atoms. The maximum atomic E-state index is 12.2. The molecule has 0 N–H and O–H groups in total. The van der Waals surface area contributed by atoms with Crippen molar-refractivity contribution in [3.05, 3.63) is 30.3 Å². The number of likely N-dealkylation sites (tertiary alicyclic amines) is 1. The first kappa shape index (κ1) is 16.9. The van der Waals surface area contributed by atoms with Crippen LogP contribution in [0, 0.1) is 10.8 Å². The molecule has 1 spiro atoms. The third-order valence-electron chi connectivity index (χ3n) is 6.74. The van der Waals surface area contributed by atoms with E-state index in [1.807, 2.05) is 0 Å². The molecule has 0 aliphatic carbocycles. The number of hydrogen-bond acceptors (Lipinski definition) is 4. The van der Waals surface area contributed by atoms with Gasteiger partial charge in [-0.3, -0.25) is 4.79 Å². The van der Waals surface area contributed by atoms with E-state index in [1.54, 1.807) is 0 Å². The van der Waals surface area contributed by atoms with Crippen molar-refractivity contribution >= 4 is 11.7 Å². The van der Waals surface area contributed by atoms with Crippen molar-refractivity contribution in [2.75, 3.05) is 37.6 Å². The number of cyclic esters (lactones) is 1. The summed E-state index contributed by atoms with van der Waals surface area (Å²) >= 11 is 0. The van der Waals surface area contributed by atoms with Crippen molar-refractivity contribution in [3.8, 4) is 0 Å². The summed E-state index contributed by atoms with van der Waals surface area (Å²) in [5.41, 5.74) is 1.66. The van der Waals surface area contributed by atoms with Gasteiger partial charge in [-0.25, -0.2) is 0 Å². The first-order valence-corrected chi connectivity index (χ1v) is 9.81. The zero-order valence-corrected chi connectivity index (χ0v) is 15.5. The van der Waals surface area contributed by atoms with Crippen LogP contribution < -0.4 is 4.90 Å². The number of anilines is 1. The summed E-state index contributed by atoms with van der Waals surface area (Å²) in [4.78, 5) is 17.2. The van der Waals surface area contributed by atoms with Crippen molar-refractivity contribution in [2.24, 2.45) is 10.8 Å². The highest BCUT2D eigenvalue weighted by Gasteiger charge is 2.52. The predicted octanol–water partition coefficient (Wildman–Crippen LogP) is 3.32. The van der Waals surface area contributed by atoms with Gasteiger partial charge in [-0.15, -0.1) is 0 Å². The fraction of sp³-hybridized carbons (Fsp3) is 0.667. The molecule has 3 saturated heterocycles. The van der Waals surface area contributed by atoms with Gasteiger partial charge in [0, 0.05) is 50.2 Å². The molecule has 0 saturated carbocycles. The number of esters is 1. The van der Waals surface area contributed by atoms with Crippen LogP contribution in [0.5, 0.6) is 0 Å². The Morgan fingerprint density at radius 3 is 2.36 bits per heavy atom. The Hall–Kier alpha value is -1.55. The number of carbonyl (C=O) groups excluding carboxylic acids is 1. The molecule has 3 aliphatic rings. The first-order chi connectivity index (χ1) is 12.1. The fourth-order valence-corrected chi connectivity index (χ4v) is 5.00. The van der Waals surface area contributed by atoms with Crippen LogP contribution in [0.2, 0.25) is 0 Å². The molecule has 0 radical (unpaired) electrons. The molecular formula is C21H30N2O2. The second-order valence-electron chi connectivity index (χ2n) is 8.41. The Morgan fingerprint density at radius 2 is 1.76 bits per heavy atom. The monoisotopic (exact) mass is 342 g/mol. The van der Waals surface area contributed by atoms with E-state index in [-0.39, 0.29) is 17.5 Å². The van der Waals surface area contributed by atoms with Crippen LogP contribution >= 0.6 is 0 Å². The lowest BCUT2D eigenvalue weighted by Crippen LogP contribution is -2.72. The summed E-state index contributed by atoms with van der Waals surface area (Å²) in [6, 6.07) is 10.7. The number of carbonyl (C=O) groups is 1. The summed E-state index contributed by atoms with van der Waals surface area (Å²) in [7, 11) is 0. The van der Waals surface area contributed by atoms with Crippen molar-refractivity contribution in [1.82, 2.24) is 4.90 Å². The van der Waals surface area contributed by atoms with Crippen molar-refractivity contribution in [1.29, 1.82) is 0 Å². The zero-order valence-electron chi connectivity index (χ0n) is 15.5. The lowest BCUT2D eigenvalue weighted by Gasteiger charge is -2.61. The van der Waals surface area contributed by atoms with Crippen LogP contribution in [0.25, 0.3) is 0 Å². The van der Waals surface area contributed by atoms with Gasteiger partial charge in [0.05, 0.1) is 5.41 Å². The van der Waals surface area contributed by atoms with Crippen LogP contribution in [-0.2, 0) is 9.53 Å². The molecule has 3 heterocycles. The molecule has 1 aromatic rings. The second kappa shape index (κ2) is 6.31. The van der Waals surface area contributed by atoms with Crippen molar-refractivity contribution in [3.63, 3.8) is 0 Å². The summed E-state index contributed by atoms with van der Waals surface area (Å²) in [5, 5.41) is 0. The van der Waals surface area contributed by atoms with E-state index in [2.05, 4.69) is 54.0 Å². The number of nitrogens with zero attached hydrogens (tertiary/aromatic N) is 2. The minimum absolute atomic E-state index is 0.0417. The molecule has 1 unspecified atom stereocenters. The minimum Gasteiger partial charge on any atom is -0.462 e. The topological polar surface area (TPSA) is 32.8 Å². The van der Waals surface area contributed by atoms with Crippen molar-refractivity contribution < 1.29 is 9.53 Å². The third-order valence-corrected chi connectivity index (χ3v) is 6.74. The summed E-state index contributed by atoms with van der Waals surface area (Å²) in [6.45, 7) is 10.0. The quantitative estimate of drug-likeness (QED) is 0.743. The Morgan fingerprint density at radius 1 is 1.08 bits per heavy atom. The van der Waals surface area contributed by atoms with Gasteiger partial charge in [0.15, 0.2) is 0 Å². The molecule has 0 amide bonds. The van der Waals surface area contributed by atoms with Gasteiger partial charge in [-0.1, -0.05) is 32.0 Å². The van der Waals surface area contributed by atoms with Gasteiger partial charge in [0.2, 0.25) is 0 Å². The second-order valence-corrected chi connectivity index (χ2v) is 8.41. The smallest absolute Gasteiger partial charge is 0.312 e. The van der Waals surface area contributed by atoms with Crippen LogP contribution in [-0.4, -0.2) is 49.7 Å². The molecule has 136 valence electrons. The summed E-state index contributed by atoms with van der Waals surface area (Å²) in [5.74, 6) is 0.0417. The van der Waals surface area contributed by atoms with Gasteiger partial charge >= 0.3 is 5.97 Å². The lowest BCUT2D eigenvalue weighted by molar-refractivity contribution is -0.149. The minimum atomic E-state index is -0.203. The van der Waals surface area contributed by atoms with E-state index in [9.17, 15) is 4.79 Å². The van der Waals surface area contributed by atoms with Gasteiger partial charge in [0.25, 0.3) is 0 Å². The highest BCUT2D eigenvalue weighted by molar-refractivity contribution is 5.78. The fourth-order valence-electron chi connectivity index (χ4n) is 5.00. The average Bonchev–Trinajstić information content (AvgIpc) is 2.89. The van der Waals surface area contributed by atoms with E-state index >= 15 is 0 Å². The van der Waals surface area contributed by atoms with E-state index in [0.717, 1.165) is 32.2 Å². The summed E-state index contributed by atoms with van der Waals surface area (Å²) in [6.07, 6.45) is 3.85. The number of para-hydroxylation sites is 1. The molecule has 4 heteroatoms. The maximum absolute atomic E-state index is 12.2. The number of hydrogen-bond donors (Lipinski definition) is 0.